The number of pyridine rings is 1. The van der Waals surface area contributed by atoms with Crippen LogP contribution in [0.5, 0.6) is 17.2 Å². The van der Waals surface area contributed by atoms with E-state index in [-0.39, 0.29) is 22.7 Å². The normalized spacial score (nSPS) is 11.5. The van der Waals surface area contributed by atoms with Gasteiger partial charge in [-0.2, -0.15) is 0 Å². The van der Waals surface area contributed by atoms with Gasteiger partial charge in [0.2, 0.25) is 11.3 Å². The number of anilines is 1. The molecule has 1 amide bonds. The van der Waals surface area contributed by atoms with Gasteiger partial charge in [-0.3, -0.25) is 13.8 Å². The van der Waals surface area contributed by atoms with Gasteiger partial charge in [0.25, 0.3) is 0 Å². The van der Waals surface area contributed by atoms with E-state index in [9.17, 15) is 13.8 Å². The molecule has 2 N–H and O–H groups in total. The Balaban J connectivity index is 1.97. The van der Waals surface area contributed by atoms with Crippen molar-refractivity contribution in [3.8, 4) is 17.2 Å². The number of amides is 1. The van der Waals surface area contributed by atoms with Crippen molar-refractivity contribution in [2.75, 3.05) is 31.9 Å². The topological polar surface area (TPSA) is 107 Å². The summed E-state index contributed by atoms with van der Waals surface area (Å²) in [4.78, 5) is 27.1. The largest absolute Gasteiger partial charge is 0.497 e. The van der Waals surface area contributed by atoms with Crippen LogP contribution < -0.4 is 25.0 Å². The second-order valence-electron chi connectivity index (χ2n) is 5.88. The first-order chi connectivity index (χ1) is 13.5. The number of hydrogen-bond acceptors (Lipinski definition) is 6. The number of hydrogen-bond donors (Lipinski definition) is 2. The third-order valence-corrected chi connectivity index (χ3v) is 4.90. The lowest BCUT2D eigenvalue weighted by Gasteiger charge is -2.11. The molecule has 0 saturated heterocycles. The molecule has 0 fully saturated rings. The van der Waals surface area contributed by atoms with Gasteiger partial charge in [0.05, 0.1) is 32.3 Å². The van der Waals surface area contributed by atoms with E-state index in [1.807, 2.05) is 6.92 Å². The maximum absolute atomic E-state index is 12.3. The SMILES string of the molecule is CCCOc1c[nH]c(CS(=O)CC(=O)Nc2cc(OC)ccc2OC)cc1=O. The van der Waals surface area contributed by atoms with E-state index in [1.54, 1.807) is 18.2 Å². The molecule has 0 spiro atoms. The predicted molar refractivity (Wildman–Crippen MR) is 108 cm³/mol. The maximum Gasteiger partial charge on any atom is 0.237 e. The van der Waals surface area contributed by atoms with Crippen molar-refractivity contribution in [2.45, 2.75) is 19.1 Å². The molecule has 0 aliphatic rings. The summed E-state index contributed by atoms with van der Waals surface area (Å²) in [6.45, 7) is 2.39. The van der Waals surface area contributed by atoms with Crippen molar-refractivity contribution in [1.29, 1.82) is 0 Å². The fourth-order valence-corrected chi connectivity index (χ4v) is 3.36. The van der Waals surface area contributed by atoms with E-state index in [4.69, 9.17) is 14.2 Å². The Morgan fingerprint density at radius 1 is 1.18 bits per heavy atom. The van der Waals surface area contributed by atoms with Gasteiger partial charge in [0, 0.05) is 34.8 Å². The van der Waals surface area contributed by atoms with Crippen molar-refractivity contribution in [3.63, 3.8) is 0 Å². The summed E-state index contributed by atoms with van der Waals surface area (Å²) in [5.41, 5.74) is 0.610. The van der Waals surface area contributed by atoms with Crippen LogP contribution >= 0.6 is 0 Å². The third-order valence-electron chi connectivity index (χ3n) is 3.69. The van der Waals surface area contributed by atoms with Crippen molar-refractivity contribution >= 4 is 22.4 Å². The number of ether oxygens (including phenoxy) is 3. The Morgan fingerprint density at radius 2 is 1.96 bits per heavy atom. The molecule has 0 radical (unpaired) electrons. The van der Waals surface area contributed by atoms with E-state index in [0.29, 0.717) is 29.5 Å². The molecule has 9 heteroatoms. The molecule has 28 heavy (non-hydrogen) atoms. The highest BCUT2D eigenvalue weighted by Crippen LogP contribution is 2.28. The molecule has 0 aliphatic heterocycles. The Bertz CT molecular complexity index is 896. The summed E-state index contributed by atoms with van der Waals surface area (Å²) >= 11 is 0. The van der Waals surface area contributed by atoms with Crippen molar-refractivity contribution < 1.29 is 23.2 Å². The molecule has 0 saturated carbocycles. The number of nitrogens with one attached hydrogen (secondary N) is 2. The molecule has 8 nitrogen and oxygen atoms in total. The van der Waals surface area contributed by atoms with E-state index in [1.165, 1.54) is 26.5 Å². The van der Waals surface area contributed by atoms with Crippen LogP contribution in [0.4, 0.5) is 5.69 Å². The Labute approximate surface area is 165 Å². The molecule has 1 aromatic heterocycles. The fourth-order valence-electron chi connectivity index (χ4n) is 2.38. The third kappa shape index (κ3) is 6.12. The maximum atomic E-state index is 12.3. The van der Waals surface area contributed by atoms with Gasteiger partial charge < -0.3 is 24.5 Å². The van der Waals surface area contributed by atoms with Gasteiger partial charge >= 0.3 is 0 Å². The zero-order valence-corrected chi connectivity index (χ0v) is 16.9. The van der Waals surface area contributed by atoms with Crippen molar-refractivity contribution in [3.05, 3.63) is 46.4 Å². The molecule has 0 aliphatic carbocycles. The minimum Gasteiger partial charge on any atom is -0.497 e. The van der Waals surface area contributed by atoms with Crippen LogP contribution in [0.15, 0.2) is 35.3 Å². The second-order valence-corrected chi connectivity index (χ2v) is 7.34. The predicted octanol–water partition coefficient (Wildman–Crippen LogP) is 2.07. The van der Waals surface area contributed by atoms with Crippen LogP contribution in [-0.2, 0) is 21.3 Å². The van der Waals surface area contributed by atoms with Gasteiger partial charge in [-0.05, 0) is 18.6 Å². The van der Waals surface area contributed by atoms with Crippen LogP contribution in [0.3, 0.4) is 0 Å². The van der Waals surface area contributed by atoms with Crippen LogP contribution in [0.2, 0.25) is 0 Å². The lowest BCUT2D eigenvalue weighted by molar-refractivity contribution is -0.113. The smallest absolute Gasteiger partial charge is 0.237 e. The summed E-state index contributed by atoms with van der Waals surface area (Å²) in [5, 5.41) is 2.67. The first kappa shape index (κ1) is 21.5. The number of carbonyl (C=O) groups is 1. The fraction of sp³-hybridized carbons (Fsp3) is 0.368. The summed E-state index contributed by atoms with van der Waals surface area (Å²) in [6.07, 6.45) is 2.24. The average Bonchev–Trinajstić information content (AvgIpc) is 2.67. The number of H-pyrrole nitrogens is 1. The highest BCUT2D eigenvalue weighted by molar-refractivity contribution is 7.84. The number of benzene rings is 1. The number of aromatic amines is 1. The lowest BCUT2D eigenvalue weighted by atomic mass is 10.2. The van der Waals surface area contributed by atoms with Gasteiger partial charge in [-0.15, -0.1) is 0 Å². The van der Waals surface area contributed by atoms with E-state index >= 15 is 0 Å². The Kier molecular flexibility index (Phi) is 8.06. The quantitative estimate of drug-likeness (QED) is 0.623. The molecule has 1 aromatic carbocycles. The molecule has 2 aromatic rings. The van der Waals surface area contributed by atoms with Gasteiger partial charge in [0.1, 0.15) is 17.3 Å². The van der Waals surface area contributed by atoms with Crippen LogP contribution in [-0.4, -0.2) is 41.7 Å². The standard InChI is InChI=1S/C19H24N2O6S/c1-4-7-27-18-10-20-13(8-16(18)22)11-28(24)12-19(23)21-15-9-14(25-2)5-6-17(15)26-3/h5-6,8-10H,4,7,11-12H2,1-3H3,(H,20,22)(H,21,23). The average molecular weight is 408 g/mol. The molecular weight excluding hydrogens is 384 g/mol. The molecule has 1 atom stereocenters. The number of aromatic nitrogens is 1. The minimum absolute atomic E-state index is 0.0476. The highest BCUT2D eigenvalue weighted by Gasteiger charge is 2.13. The summed E-state index contributed by atoms with van der Waals surface area (Å²) in [7, 11) is 1.50. The van der Waals surface area contributed by atoms with E-state index in [2.05, 4.69) is 10.3 Å². The Morgan fingerprint density at radius 3 is 2.61 bits per heavy atom. The number of carbonyl (C=O) groups excluding carboxylic acids is 1. The van der Waals surface area contributed by atoms with Gasteiger partial charge in [0.15, 0.2) is 5.75 Å². The monoisotopic (exact) mass is 408 g/mol. The van der Waals surface area contributed by atoms with Crippen LogP contribution in [0.1, 0.15) is 19.0 Å². The zero-order chi connectivity index (χ0) is 20.5. The molecular formula is C19H24N2O6S. The Hall–Kier alpha value is -2.81. The number of methoxy groups -OCH3 is 2. The number of rotatable bonds is 10. The second kappa shape index (κ2) is 10.5. The van der Waals surface area contributed by atoms with E-state index < -0.39 is 16.7 Å². The van der Waals surface area contributed by atoms with Gasteiger partial charge in [-0.1, -0.05) is 6.92 Å². The molecule has 152 valence electrons. The first-order valence-corrected chi connectivity index (χ1v) is 10.2. The first-order valence-electron chi connectivity index (χ1n) is 8.68. The summed E-state index contributed by atoms with van der Waals surface area (Å²) < 4.78 is 27.9. The van der Waals surface area contributed by atoms with Gasteiger partial charge in [-0.25, -0.2) is 0 Å². The zero-order valence-electron chi connectivity index (χ0n) is 16.1. The van der Waals surface area contributed by atoms with Crippen molar-refractivity contribution in [1.82, 2.24) is 4.98 Å². The molecule has 0 bridgehead atoms. The van der Waals surface area contributed by atoms with Crippen LogP contribution in [0.25, 0.3) is 0 Å². The van der Waals surface area contributed by atoms with Crippen molar-refractivity contribution in [2.24, 2.45) is 0 Å². The summed E-state index contributed by atoms with van der Waals surface area (Å²) in [5.74, 6) is 0.629. The molecule has 2 rings (SSSR count). The van der Waals surface area contributed by atoms with Crippen LogP contribution in [0, 0.1) is 0 Å². The molecule has 1 heterocycles. The molecule has 1 unspecified atom stereocenters. The summed E-state index contributed by atoms with van der Waals surface area (Å²) in [6, 6.07) is 6.33. The van der Waals surface area contributed by atoms with E-state index in [0.717, 1.165) is 6.42 Å². The highest BCUT2D eigenvalue weighted by atomic mass is 32.2. The minimum atomic E-state index is -1.51. The lowest BCUT2D eigenvalue weighted by Crippen LogP contribution is -2.21.